The Morgan fingerprint density at radius 3 is 2.59 bits per heavy atom. The van der Waals surface area contributed by atoms with Gasteiger partial charge in [0.1, 0.15) is 12.2 Å². The van der Waals surface area contributed by atoms with Crippen LogP contribution >= 0.6 is 0 Å². The summed E-state index contributed by atoms with van der Waals surface area (Å²) in [7, 11) is 0. The lowest BCUT2D eigenvalue weighted by molar-refractivity contribution is -0.279. The maximum absolute atomic E-state index is 12.4. The van der Waals surface area contributed by atoms with Crippen LogP contribution in [0.2, 0.25) is 0 Å². The van der Waals surface area contributed by atoms with Crippen LogP contribution in [0.4, 0.5) is 0 Å². The third kappa shape index (κ3) is 2.83. The molecule has 9 unspecified atom stereocenters. The van der Waals surface area contributed by atoms with E-state index in [1.165, 1.54) is 19.4 Å². The second kappa shape index (κ2) is 7.41. The molecule has 9 atom stereocenters. The van der Waals surface area contributed by atoms with E-state index in [1.807, 2.05) is 6.92 Å². The van der Waals surface area contributed by atoms with Gasteiger partial charge in [-0.1, -0.05) is 25.5 Å². The highest BCUT2D eigenvalue weighted by Gasteiger charge is 2.75. The number of esters is 2. The molecule has 1 aliphatic heterocycles. The lowest BCUT2D eigenvalue weighted by Crippen LogP contribution is -2.75. The van der Waals surface area contributed by atoms with Gasteiger partial charge in [0.25, 0.3) is 0 Å². The van der Waals surface area contributed by atoms with Gasteiger partial charge in [-0.2, -0.15) is 0 Å². The average molecular weight is 444 g/mol. The summed E-state index contributed by atoms with van der Waals surface area (Å²) in [6.45, 7) is 12.2. The van der Waals surface area contributed by atoms with Gasteiger partial charge in [0.2, 0.25) is 0 Å². The molecule has 1 spiro atoms. The predicted octanol–water partition coefficient (Wildman–Crippen LogP) is 4.47. The highest BCUT2D eigenvalue weighted by molar-refractivity contribution is 5.72. The number of fused-ring (bicyclic) bond motifs is 2. The van der Waals surface area contributed by atoms with E-state index in [-0.39, 0.29) is 40.3 Å². The first-order chi connectivity index (χ1) is 15.2. The number of rotatable bonds is 4. The summed E-state index contributed by atoms with van der Waals surface area (Å²) in [6.07, 6.45) is 7.99. The minimum Gasteiger partial charge on any atom is -0.458 e. The van der Waals surface area contributed by atoms with Gasteiger partial charge in [-0.15, -0.1) is 0 Å². The van der Waals surface area contributed by atoms with Crippen molar-refractivity contribution in [3.05, 3.63) is 12.2 Å². The summed E-state index contributed by atoms with van der Waals surface area (Å²) >= 11 is 0. The summed E-state index contributed by atoms with van der Waals surface area (Å²) in [5.41, 5.74) is 0.560. The van der Waals surface area contributed by atoms with Gasteiger partial charge >= 0.3 is 11.9 Å². The molecule has 5 fully saturated rings. The van der Waals surface area contributed by atoms with Gasteiger partial charge in [-0.3, -0.25) is 14.6 Å². The molecule has 6 heteroatoms. The quantitative estimate of drug-likeness (QED) is 0.474. The number of carbonyl (C=O) groups excluding carboxylic acids is 2. The SMILES string of the molecule is C=C1CC23CCC1CC2C12C=NC(OCC)C(C)(CCC1)C2C(OC(C)=O)C3OC(C)=O. The maximum Gasteiger partial charge on any atom is 0.303 e. The fourth-order valence-corrected chi connectivity index (χ4v) is 8.84. The van der Waals surface area contributed by atoms with Crippen LogP contribution in [0, 0.1) is 34.0 Å². The number of aliphatic imine (C=N–C) groups is 1. The monoisotopic (exact) mass is 443 g/mol. The molecular formula is C26H37NO5. The molecule has 5 aliphatic carbocycles. The molecular weight excluding hydrogens is 406 g/mol. The average Bonchev–Trinajstić information content (AvgIpc) is 2.72. The maximum atomic E-state index is 12.4. The fourth-order valence-electron chi connectivity index (χ4n) is 8.84. The van der Waals surface area contributed by atoms with Crippen LogP contribution in [0.5, 0.6) is 0 Å². The molecule has 0 aromatic heterocycles. The molecule has 32 heavy (non-hydrogen) atoms. The van der Waals surface area contributed by atoms with E-state index < -0.39 is 12.2 Å². The van der Waals surface area contributed by atoms with E-state index in [0.29, 0.717) is 18.4 Å². The summed E-state index contributed by atoms with van der Waals surface area (Å²) in [5, 5.41) is 0. The molecule has 1 heterocycles. The van der Waals surface area contributed by atoms with Crippen LogP contribution in [0.1, 0.15) is 72.6 Å². The van der Waals surface area contributed by atoms with Crippen molar-refractivity contribution in [2.75, 3.05) is 6.61 Å². The summed E-state index contributed by atoms with van der Waals surface area (Å²) in [4.78, 5) is 29.8. The molecule has 176 valence electrons. The molecule has 5 saturated carbocycles. The van der Waals surface area contributed by atoms with E-state index in [9.17, 15) is 9.59 Å². The first-order valence-electron chi connectivity index (χ1n) is 12.4. The van der Waals surface area contributed by atoms with E-state index >= 15 is 0 Å². The van der Waals surface area contributed by atoms with Gasteiger partial charge < -0.3 is 14.2 Å². The molecule has 4 bridgehead atoms. The van der Waals surface area contributed by atoms with Crippen molar-refractivity contribution in [3.63, 3.8) is 0 Å². The van der Waals surface area contributed by atoms with Crippen LogP contribution in [0.25, 0.3) is 0 Å². The Hall–Kier alpha value is -1.69. The zero-order valence-electron chi connectivity index (χ0n) is 19.9. The molecule has 0 aromatic rings. The zero-order valence-corrected chi connectivity index (χ0v) is 19.9. The van der Waals surface area contributed by atoms with Crippen LogP contribution in [0.15, 0.2) is 17.1 Å². The molecule has 0 saturated heterocycles. The summed E-state index contributed by atoms with van der Waals surface area (Å²) in [5.74, 6) is 0.236. The van der Waals surface area contributed by atoms with Crippen molar-refractivity contribution in [1.82, 2.24) is 0 Å². The van der Waals surface area contributed by atoms with Crippen LogP contribution in [-0.4, -0.2) is 43.2 Å². The lowest BCUT2D eigenvalue weighted by atomic mass is 9.34. The minimum atomic E-state index is -0.505. The highest BCUT2D eigenvalue weighted by atomic mass is 16.6. The molecule has 0 amide bonds. The van der Waals surface area contributed by atoms with Crippen LogP contribution in [0.3, 0.4) is 0 Å². The van der Waals surface area contributed by atoms with Crippen LogP contribution < -0.4 is 0 Å². The predicted molar refractivity (Wildman–Crippen MR) is 120 cm³/mol. The molecule has 0 N–H and O–H groups in total. The van der Waals surface area contributed by atoms with Crippen molar-refractivity contribution in [3.8, 4) is 0 Å². The molecule has 0 aromatic carbocycles. The smallest absolute Gasteiger partial charge is 0.303 e. The Balaban J connectivity index is 1.73. The number of allylic oxidation sites excluding steroid dienone is 1. The topological polar surface area (TPSA) is 74.2 Å². The number of ether oxygens (including phenoxy) is 3. The first kappa shape index (κ1) is 22.1. The van der Waals surface area contributed by atoms with Gasteiger partial charge in [0.05, 0.1) is 0 Å². The molecule has 6 rings (SSSR count). The Morgan fingerprint density at radius 2 is 1.94 bits per heavy atom. The van der Waals surface area contributed by atoms with E-state index in [4.69, 9.17) is 19.2 Å². The number of nitrogens with zero attached hydrogens (tertiary/aromatic N) is 1. The second-order valence-electron chi connectivity index (χ2n) is 11.2. The fraction of sp³-hybridized carbons (Fsp3) is 0.808. The van der Waals surface area contributed by atoms with E-state index in [0.717, 1.165) is 44.9 Å². The lowest BCUT2D eigenvalue weighted by Gasteiger charge is -2.72. The first-order valence-corrected chi connectivity index (χ1v) is 12.4. The summed E-state index contributed by atoms with van der Waals surface area (Å²) in [6, 6.07) is 0. The number of hydrogen-bond donors (Lipinski definition) is 0. The largest absolute Gasteiger partial charge is 0.458 e. The highest BCUT2D eigenvalue weighted by Crippen LogP contribution is 2.74. The van der Waals surface area contributed by atoms with Gasteiger partial charge in [0, 0.05) is 48.8 Å². The normalized spacial score (nSPS) is 48.6. The third-order valence-electron chi connectivity index (χ3n) is 9.70. The zero-order chi connectivity index (χ0) is 22.9. The van der Waals surface area contributed by atoms with Crippen molar-refractivity contribution in [1.29, 1.82) is 0 Å². The van der Waals surface area contributed by atoms with Crippen LogP contribution in [-0.2, 0) is 23.8 Å². The Labute approximate surface area is 191 Å². The Kier molecular flexibility index (Phi) is 5.12. The molecule has 0 radical (unpaired) electrons. The molecule has 6 aliphatic rings. The third-order valence-corrected chi connectivity index (χ3v) is 9.70. The standard InChI is InChI=1S/C26H37NO5/c1-6-30-23-24(5)9-7-10-26(14-27-23)19-12-18-8-11-25(19,13-15(18)2)22(32-17(4)29)20(21(24)26)31-16(3)28/h14,18-23H,2,6-13H2,1,3-5H3. The van der Waals surface area contributed by atoms with Crippen molar-refractivity contribution < 1.29 is 23.8 Å². The van der Waals surface area contributed by atoms with E-state index in [2.05, 4.69) is 19.7 Å². The minimum absolute atomic E-state index is 0.00860. The Morgan fingerprint density at radius 1 is 1.19 bits per heavy atom. The Bertz CT molecular complexity index is 868. The molecule has 6 nitrogen and oxygen atoms in total. The van der Waals surface area contributed by atoms with E-state index in [1.54, 1.807) is 0 Å². The summed E-state index contributed by atoms with van der Waals surface area (Å²) < 4.78 is 18.5. The van der Waals surface area contributed by atoms with Crippen molar-refractivity contribution in [2.45, 2.75) is 91.1 Å². The van der Waals surface area contributed by atoms with Gasteiger partial charge in [-0.05, 0) is 57.3 Å². The van der Waals surface area contributed by atoms with Gasteiger partial charge in [-0.25, -0.2) is 0 Å². The van der Waals surface area contributed by atoms with Crippen molar-refractivity contribution in [2.24, 2.45) is 39.0 Å². The van der Waals surface area contributed by atoms with Gasteiger partial charge in [0.15, 0.2) is 6.23 Å². The number of hydrogen-bond acceptors (Lipinski definition) is 6. The number of carbonyl (C=O) groups is 2. The second-order valence-corrected chi connectivity index (χ2v) is 11.2. The van der Waals surface area contributed by atoms with Crippen molar-refractivity contribution >= 4 is 18.2 Å².